The van der Waals surface area contributed by atoms with Gasteiger partial charge >= 0.3 is 0 Å². The quantitative estimate of drug-likeness (QED) is 0.592. The van der Waals surface area contributed by atoms with E-state index in [1.807, 2.05) is 11.8 Å². The van der Waals surface area contributed by atoms with Crippen molar-refractivity contribution >= 4 is 23.1 Å². The van der Waals surface area contributed by atoms with Gasteiger partial charge in [-0.15, -0.1) is 0 Å². The van der Waals surface area contributed by atoms with Gasteiger partial charge in [-0.2, -0.15) is 0 Å². The predicted octanol–water partition coefficient (Wildman–Crippen LogP) is 3.84. The Morgan fingerprint density at radius 2 is 1.82 bits per heavy atom. The number of quaternary nitrogens is 1. The number of fused-ring (bicyclic) bond motifs is 4. The molecule has 1 unspecified atom stereocenters. The molecule has 6 rings (SSSR count). The van der Waals surface area contributed by atoms with Crippen LogP contribution in [0, 0.1) is 11.8 Å². The van der Waals surface area contributed by atoms with E-state index in [-0.39, 0.29) is 12.8 Å². The Morgan fingerprint density at radius 3 is 2.55 bits per heavy atom. The third kappa shape index (κ3) is 3.40. The monoisotopic (exact) mass is 457 g/mol. The molecule has 0 aromatic heterocycles. The van der Waals surface area contributed by atoms with Gasteiger partial charge in [-0.1, -0.05) is 41.9 Å². The molecule has 2 atom stereocenters. The van der Waals surface area contributed by atoms with Crippen LogP contribution in [0.5, 0.6) is 17.2 Å². The number of likely N-dealkylation sites (N-methyl/N-ethyl adjacent to an activating group) is 1. The summed E-state index contributed by atoms with van der Waals surface area (Å²) in [5.74, 6) is 9.35. The fraction of sp³-hybridized carbons (Fsp3) is 0.259. The van der Waals surface area contributed by atoms with Crippen LogP contribution in [0.1, 0.15) is 17.2 Å². The highest BCUT2D eigenvalue weighted by molar-refractivity contribution is 7.99. The molecule has 3 aromatic rings. The smallest absolute Gasteiger partial charge is 0.231 e. The summed E-state index contributed by atoms with van der Waals surface area (Å²) in [6.07, 6.45) is 0.969. The van der Waals surface area contributed by atoms with Crippen molar-refractivity contribution in [2.24, 2.45) is 0 Å². The lowest BCUT2D eigenvalue weighted by Gasteiger charge is -2.31. The average molecular weight is 458 g/mol. The van der Waals surface area contributed by atoms with Gasteiger partial charge in [0.15, 0.2) is 17.5 Å². The third-order valence-corrected chi connectivity index (χ3v) is 7.66. The molecule has 0 radical (unpaired) electrons. The van der Waals surface area contributed by atoms with E-state index in [0.29, 0.717) is 12.3 Å². The predicted molar refractivity (Wildman–Crippen MR) is 129 cm³/mol. The highest BCUT2D eigenvalue weighted by atomic mass is 32.2. The zero-order valence-corrected chi connectivity index (χ0v) is 19.5. The summed E-state index contributed by atoms with van der Waals surface area (Å²) >= 11 is 1.82. The van der Waals surface area contributed by atoms with Gasteiger partial charge in [-0.25, -0.2) is 0 Å². The summed E-state index contributed by atoms with van der Waals surface area (Å²) in [6, 6.07) is 19.2. The van der Waals surface area contributed by atoms with E-state index in [0.717, 1.165) is 30.0 Å². The average Bonchev–Trinajstić information content (AvgIpc) is 3.32. The van der Waals surface area contributed by atoms with Crippen LogP contribution in [0.25, 0.3) is 0 Å². The second-order valence-electron chi connectivity index (χ2n) is 8.44. The summed E-state index contributed by atoms with van der Waals surface area (Å²) < 4.78 is 17.2. The van der Waals surface area contributed by atoms with Crippen molar-refractivity contribution in [1.82, 2.24) is 0 Å². The Hall–Kier alpha value is -3.27. The molecule has 3 aliphatic heterocycles. The van der Waals surface area contributed by atoms with Gasteiger partial charge in [-0.3, -0.25) is 0 Å². The minimum atomic E-state index is 0.0165. The second kappa shape index (κ2) is 8.26. The first-order chi connectivity index (χ1) is 16.2. The van der Waals surface area contributed by atoms with Crippen LogP contribution < -0.4 is 24.0 Å². The Morgan fingerprint density at radius 1 is 1.09 bits per heavy atom. The van der Waals surface area contributed by atoms with E-state index in [9.17, 15) is 0 Å². The Kier molecular flexibility index (Phi) is 5.09. The summed E-state index contributed by atoms with van der Waals surface area (Å²) in [5, 5.41) is 0. The number of para-hydroxylation sites is 2. The summed E-state index contributed by atoms with van der Waals surface area (Å²) in [5.41, 5.74) is 4.79. The van der Waals surface area contributed by atoms with Crippen molar-refractivity contribution in [1.29, 1.82) is 0 Å². The van der Waals surface area contributed by atoms with Gasteiger partial charge in [0.25, 0.3) is 0 Å². The highest BCUT2D eigenvalue weighted by Gasteiger charge is 2.35. The summed E-state index contributed by atoms with van der Waals surface area (Å²) in [6.45, 7) is 1.88. The molecule has 0 spiro atoms. The molecule has 0 saturated carbocycles. The largest absolute Gasteiger partial charge is 0.492 e. The minimum absolute atomic E-state index is 0.0165. The maximum absolute atomic E-state index is 5.82. The third-order valence-electron chi connectivity index (χ3n) is 6.53. The van der Waals surface area contributed by atoms with Crippen LogP contribution in [0.2, 0.25) is 0 Å². The van der Waals surface area contributed by atoms with E-state index < -0.39 is 0 Å². The van der Waals surface area contributed by atoms with E-state index >= 15 is 0 Å². The van der Waals surface area contributed by atoms with Crippen molar-refractivity contribution in [3.05, 3.63) is 65.7 Å². The van der Waals surface area contributed by atoms with Crippen molar-refractivity contribution in [3.63, 3.8) is 0 Å². The van der Waals surface area contributed by atoms with Crippen LogP contribution in [0.4, 0.5) is 11.4 Å². The standard InChI is InChI=1S/C27H24N2O3S/c1-28-15-13-18-16-22-26(32-17-31-22)27(30-2)25(18)21(28)10-7-14-29-19-8-3-5-11-23(19)33-24-12-6-4-9-20(24)29/h3-6,8-9,11-12,16,21H,13-15,17H2,1-2H3/p+1/t21-/m1/s1. The number of ether oxygens (including phenoxy) is 3. The molecule has 166 valence electrons. The minimum Gasteiger partial charge on any atom is -0.492 e. The van der Waals surface area contributed by atoms with E-state index in [1.165, 1.54) is 31.6 Å². The molecule has 3 heterocycles. The second-order valence-corrected chi connectivity index (χ2v) is 9.52. The van der Waals surface area contributed by atoms with Crippen molar-refractivity contribution < 1.29 is 19.1 Å². The number of hydrogen-bond donors (Lipinski definition) is 1. The van der Waals surface area contributed by atoms with Crippen LogP contribution >= 0.6 is 11.8 Å². The van der Waals surface area contributed by atoms with Crippen molar-refractivity contribution in [3.8, 4) is 29.1 Å². The van der Waals surface area contributed by atoms with Crippen LogP contribution in [-0.2, 0) is 6.42 Å². The van der Waals surface area contributed by atoms with Gasteiger partial charge in [-0.05, 0) is 41.8 Å². The first-order valence-electron chi connectivity index (χ1n) is 11.2. The van der Waals surface area contributed by atoms with Gasteiger partial charge in [0.05, 0.1) is 44.2 Å². The molecule has 1 N–H and O–H groups in total. The van der Waals surface area contributed by atoms with Crippen molar-refractivity contribution in [2.75, 3.05) is 38.9 Å². The molecule has 0 bridgehead atoms. The SMILES string of the molecule is COc1c2c(cc3c1[C@@H](C#CCN1c4ccccc4Sc4ccccc41)[NH+](C)CC3)OCO2. The molecule has 33 heavy (non-hydrogen) atoms. The molecule has 0 amide bonds. The molecule has 6 heteroatoms. The highest BCUT2D eigenvalue weighted by Crippen LogP contribution is 2.48. The normalized spacial score (nSPS) is 19.6. The molecule has 3 aromatic carbocycles. The maximum atomic E-state index is 5.82. The van der Waals surface area contributed by atoms with Gasteiger partial charge in [0.1, 0.15) is 0 Å². The number of methoxy groups -OCH3 is 1. The van der Waals surface area contributed by atoms with Crippen LogP contribution in [0.15, 0.2) is 64.4 Å². The fourth-order valence-electron chi connectivity index (χ4n) is 4.90. The van der Waals surface area contributed by atoms with E-state index in [4.69, 9.17) is 14.2 Å². The van der Waals surface area contributed by atoms with Crippen LogP contribution in [-0.4, -0.2) is 34.0 Å². The zero-order chi connectivity index (χ0) is 22.4. The first-order valence-corrected chi connectivity index (χ1v) is 12.0. The first kappa shape index (κ1) is 20.3. The van der Waals surface area contributed by atoms with Gasteiger partial charge in [0, 0.05) is 16.2 Å². The molecule has 0 fully saturated rings. The van der Waals surface area contributed by atoms with Gasteiger partial charge < -0.3 is 24.0 Å². The number of benzene rings is 3. The molecule has 5 nitrogen and oxygen atoms in total. The number of nitrogens with zero attached hydrogens (tertiary/aromatic N) is 1. The fourth-order valence-corrected chi connectivity index (χ4v) is 6.00. The molecule has 0 saturated heterocycles. The molecular weight excluding hydrogens is 432 g/mol. The summed E-state index contributed by atoms with van der Waals surface area (Å²) in [7, 11) is 3.90. The Balaban J connectivity index is 1.37. The lowest BCUT2D eigenvalue weighted by atomic mass is 9.91. The number of nitrogens with one attached hydrogen (secondary N) is 1. The number of anilines is 2. The molecule has 0 aliphatic carbocycles. The van der Waals surface area contributed by atoms with E-state index in [2.05, 4.69) is 78.4 Å². The number of rotatable bonds is 2. The van der Waals surface area contributed by atoms with Crippen LogP contribution in [0.3, 0.4) is 0 Å². The summed E-state index contributed by atoms with van der Waals surface area (Å²) in [4.78, 5) is 6.21. The Bertz CT molecular complexity index is 1250. The topological polar surface area (TPSA) is 35.4 Å². The molecular formula is C27H25N2O3S+. The van der Waals surface area contributed by atoms with Crippen molar-refractivity contribution in [2.45, 2.75) is 22.3 Å². The molecule has 3 aliphatic rings. The lowest BCUT2D eigenvalue weighted by molar-refractivity contribution is -0.905. The maximum Gasteiger partial charge on any atom is 0.231 e. The zero-order valence-electron chi connectivity index (χ0n) is 18.7. The number of hydrogen-bond acceptors (Lipinski definition) is 5. The Labute approximate surface area is 198 Å². The van der Waals surface area contributed by atoms with Gasteiger partial charge in [0.2, 0.25) is 12.5 Å². The lowest BCUT2D eigenvalue weighted by Crippen LogP contribution is -3.10. The van der Waals surface area contributed by atoms with E-state index in [1.54, 1.807) is 7.11 Å².